The van der Waals surface area contributed by atoms with Gasteiger partial charge in [0, 0.05) is 25.0 Å². The molecule has 0 aliphatic heterocycles. The summed E-state index contributed by atoms with van der Waals surface area (Å²) in [5.41, 5.74) is 1.56. The molecule has 0 unspecified atom stereocenters. The minimum atomic E-state index is -3.24. The maximum Gasteiger partial charge on any atom is 0.214 e. The quantitative estimate of drug-likeness (QED) is 0.570. The molecular weight excluding hydrogens is 276 g/mol. The highest BCUT2D eigenvalue weighted by atomic mass is 35.5. The minimum absolute atomic E-state index is 0.125. The van der Waals surface area contributed by atoms with Crippen LogP contribution in [0, 0.1) is 13.8 Å². The number of halogens is 1. The molecule has 0 fully saturated rings. The van der Waals surface area contributed by atoms with Gasteiger partial charge in [-0.2, -0.15) is 0 Å². The maximum atomic E-state index is 12.0. The van der Waals surface area contributed by atoms with Gasteiger partial charge in [0.25, 0.3) is 0 Å². The first-order valence-corrected chi connectivity index (χ1v) is 7.94. The molecule has 7 heteroatoms. The Hall–Kier alpha value is -0.590. The molecule has 0 aliphatic carbocycles. The molecule has 1 aromatic heterocycles. The summed E-state index contributed by atoms with van der Waals surface area (Å²) in [6.45, 7) is 3.88. The van der Waals surface area contributed by atoms with Gasteiger partial charge in [-0.05, 0) is 26.7 Å². The Morgan fingerprint density at radius 2 is 2.00 bits per heavy atom. The summed E-state index contributed by atoms with van der Waals surface area (Å²) in [4.78, 5) is 0. The van der Waals surface area contributed by atoms with Crippen molar-refractivity contribution in [2.45, 2.75) is 33.2 Å². The van der Waals surface area contributed by atoms with Crippen molar-refractivity contribution in [2.24, 2.45) is 0 Å². The summed E-state index contributed by atoms with van der Waals surface area (Å²) in [5, 5.41) is 3.81. The third kappa shape index (κ3) is 3.96. The molecule has 5 nitrogen and oxygen atoms in total. The lowest BCUT2D eigenvalue weighted by molar-refractivity contribution is 0.390. The second kappa shape index (κ2) is 6.54. The first-order chi connectivity index (χ1) is 8.38. The Balaban J connectivity index is 2.67. The molecule has 0 spiro atoms. The summed E-state index contributed by atoms with van der Waals surface area (Å²) < 4.78 is 30.3. The van der Waals surface area contributed by atoms with Crippen LogP contribution in [0.2, 0.25) is 0 Å². The van der Waals surface area contributed by atoms with E-state index >= 15 is 0 Å². The van der Waals surface area contributed by atoms with Gasteiger partial charge in [-0.3, -0.25) is 0 Å². The van der Waals surface area contributed by atoms with Crippen LogP contribution in [0.25, 0.3) is 0 Å². The zero-order valence-corrected chi connectivity index (χ0v) is 12.5. The predicted molar refractivity (Wildman–Crippen MR) is 71.2 cm³/mol. The van der Waals surface area contributed by atoms with Gasteiger partial charge in [0.05, 0.1) is 11.4 Å². The number of nitrogens with zero attached hydrogens (tertiary/aromatic N) is 2. The van der Waals surface area contributed by atoms with Crippen LogP contribution in [0.4, 0.5) is 0 Å². The summed E-state index contributed by atoms with van der Waals surface area (Å²) in [6.07, 6.45) is 1.29. The number of sulfonamides is 1. The van der Waals surface area contributed by atoms with E-state index in [9.17, 15) is 8.42 Å². The largest absolute Gasteiger partial charge is 0.361 e. The number of hydrogen-bond donors (Lipinski definition) is 0. The molecule has 104 valence electrons. The van der Waals surface area contributed by atoms with Gasteiger partial charge in [0.15, 0.2) is 0 Å². The normalized spacial score (nSPS) is 12.3. The van der Waals surface area contributed by atoms with Crippen LogP contribution in [0.15, 0.2) is 4.52 Å². The van der Waals surface area contributed by atoms with Gasteiger partial charge < -0.3 is 4.52 Å². The Kier molecular flexibility index (Phi) is 5.62. The molecule has 0 saturated heterocycles. The molecule has 0 aromatic carbocycles. The zero-order valence-electron chi connectivity index (χ0n) is 10.9. The van der Waals surface area contributed by atoms with Crippen molar-refractivity contribution in [1.82, 2.24) is 9.46 Å². The second-order valence-electron chi connectivity index (χ2n) is 4.27. The number of aryl methyl sites for hydroxylation is 2. The predicted octanol–water partition coefficient (Wildman–Crippen LogP) is 2.07. The number of unbranched alkanes of at least 4 members (excludes halogenated alkanes) is 1. The molecule has 0 bridgehead atoms. The highest BCUT2D eigenvalue weighted by Crippen LogP contribution is 2.16. The molecule has 0 aliphatic rings. The molecular formula is C11H19ClN2O3S. The summed E-state index contributed by atoms with van der Waals surface area (Å²) >= 11 is 5.54. The second-order valence-corrected chi connectivity index (χ2v) is 6.84. The van der Waals surface area contributed by atoms with Crippen molar-refractivity contribution in [3.63, 3.8) is 0 Å². The van der Waals surface area contributed by atoms with Gasteiger partial charge in [0.1, 0.15) is 5.76 Å². The number of aromatic nitrogens is 1. The van der Waals surface area contributed by atoms with E-state index in [1.807, 2.05) is 0 Å². The maximum absolute atomic E-state index is 12.0. The molecule has 0 N–H and O–H groups in total. The fourth-order valence-corrected chi connectivity index (χ4v) is 2.98. The Bertz CT molecular complexity index is 465. The first kappa shape index (κ1) is 15.5. The van der Waals surface area contributed by atoms with E-state index in [4.69, 9.17) is 16.1 Å². The molecule has 0 atom stereocenters. The van der Waals surface area contributed by atoms with Crippen molar-refractivity contribution in [1.29, 1.82) is 0 Å². The molecule has 1 heterocycles. The van der Waals surface area contributed by atoms with Crippen LogP contribution < -0.4 is 0 Å². The molecule has 18 heavy (non-hydrogen) atoms. The van der Waals surface area contributed by atoms with Crippen LogP contribution in [0.5, 0.6) is 0 Å². The lowest BCUT2D eigenvalue weighted by Crippen LogP contribution is -2.29. The summed E-state index contributed by atoms with van der Waals surface area (Å²) in [6, 6.07) is 0. The third-order valence-electron chi connectivity index (χ3n) is 2.82. The van der Waals surface area contributed by atoms with Crippen LogP contribution in [0.3, 0.4) is 0 Å². The standard InChI is InChI=1S/C11H19ClN2O3S/c1-9-11(10(2)17-13-9)8-14(3)18(15,16)7-5-4-6-12/h4-8H2,1-3H3. The third-order valence-corrected chi connectivity index (χ3v) is 4.97. The SMILES string of the molecule is Cc1noc(C)c1CN(C)S(=O)(=O)CCCCCl. The van der Waals surface area contributed by atoms with Gasteiger partial charge in [-0.25, -0.2) is 12.7 Å². The number of alkyl halides is 1. The van der Waals surface area contributed by atoms with E-state index in [0.717, 1.165) is 11.3 Å². The van der Waals surface area contributed by atoms with E-state index in [-0.39, 0.29) is 5.75 Å². The Morgan fingerprint density at radius 1 is 1.33 bits per heavy atom. The zero-order chi connectivity index (χ0) is 13.8. The molecule has 0 amide bonds. The molecule has 0 radical (unpaired) electrons. The summed E-state index contributed by atoms with van der Waals surface area (Å²) in [7, 11) is -1.67. The van der Waals surface area contributed by atoms with Gasteiger partial charge >= 0.3 is 0 Å². The fraction of sp³-hybridized carbons (Fsp3) is 0.727. The van der Waals surface area contributed by atoms with E-state index in [0.29, 0.717) is 31.0 Å². The molecule has 1 aromatic rings. The topological polar surface area (TPSA) is 63.4 Å². The minimum Gasteiger partial charge on any atom is -0.361 e. The van der Waals surface area contributed by atoms with Gasteiger partial charge in [0.2, 0.25) is 10.0 Å². The monoisotopic (exact) mass is 294 g/mol. The van der Waals surface area contributed by atoms with Crippen LogP contribution >= 0.6 is 11.6 Å². The smallest absolute Gasteiger partial charge is 0.214 e. The Morgan fingerprint density at radius 3 is 2.50 bits per heavy atom. The average molecular weight is 295 g/mol. The van der Waals surface area contributed by atoms with Crippen molar-refractivity contribution >= 4 is 21.6 Å². The van der Waals surface area contributed by atoms with Gasteiger partial charge in [-0.1, -0.05) is 5.16 Å². The van der Waals surface area contributed by atoms with Crippen molar-refractivity contribution in [2.75, 3.05) is 18.7 Å². The highest BCUT2D eigenvalue weighted by Gasteiger charge is 2.20. The van der Waals surface area contributed by atoms with Crippen molar-refractivity contribution in [3.8, 4) is 0 Å². The van der Waals surface area contributed by atoms with E-state index in [2.05, 4.69) is 5.16 Å². The van der Waals surface area contributed by atoms with Gasteiger partial charge in [-0.15, -0.1) is 11.6 Å². The van der Waals surface area contributed by atoms with Crippen LogP contribution in [-0.4, -0.2) is 36.6 Å². The number of hydrogen-bond acceptors (Lipinski definition) is 4. The van der Waals surface area contributed by atoms with Crippen LogP contribution in [0.1, 0.15) is 29.9 Å². The van der Waals surface area contributed by atoms with Crippen molar-refractivity contribution in [3.05, 3.63) is 17.0 Å². The lowest BCUT2D eigenvalue weighted by Gasteiger charge is -2.16. The highest BCUT2D eigenvalue weighted by molar-refractivity contribution is 7.89. The lowest BCUT2D eigenvalue weighted by atomic mass is 10.2. The van der Waals surface area contributed by atoms with E-state index in [1.54, 1.807) is 20.9 Å². The first-order valence-electron chi connectivity index (χ1n) is 5.80. The molecule has 0 saturated carbocycles. The van der Waals surface area contributed by atoms with E-state index < -0.39 is 10.0 Å². The average Bonchev–Trinajstić information content (AvgIpc) is 2.61. The summed E-state index contributed by atoms with van der Waals surface area (Å²) in [5.74, 6) is 1.28. The Labute approximate surface area is 113 Å². The van der Waals surface area contributed by atoms with Crippen LogP contribution in [-0.2, 0) is 16.6 Å². The van der Waals surface area contributed by atoms with Crippen molar-refractivity contribution < 1.29 is 12.9 Å². The van der Waals surface area contributed by atoms with E-state index in [1.165, 1.54) is 4.31 Å². The molecule has 1 rings (SSSR count). The number of rotatable bonds is 7. The fourth-order valence-electron chi connectivity index (χ4n) is 1.58.